The van der Waals surface area contributed by atoms with Gasteiger partial charge in [0.1, 0.15) is 5.75 Å². The van der Waals surface area contributed by atoms with Gasteiger partial charge in [0, 0.05) is 0 Å². The molecule has 15 heavy (non-hydrogen) atoms. The molecule has 0 aliphatic rings. The van der Waals surface area contributed by atoms with E-state index < -0.39 is 5.97 Å². The Morgan fingerprint density at radius 1 is 1.53 bits per heavy atom. The monoisotopic (exact) mass is 272 g/mol. The Balaban J connectivity index is 3.25. The van der Waals surface area contributed by atoms with Crippen molar-refractivity contribution in [1.82, 2.24) is 0 Å². The van der Waals surface area contributed by atoms with Crippen molar-refractivity contribution >= 4 is 21.9 Å². The molecular weight excluding hydrogens is 260 g/mol. The molecule has 0 radical (unpaired) electrons. The number of ether oxygens (including phenoxy) is 1. The molecule has 3 nitrogen and oxygen atoms in total. The number of aromatic carboxylic acids is 1. The number of benzene rings is 1. The number of carboxylic acids is 1. The van der Waals surface area contributed by atoms with Gasteiger partial charge in [0.15, 0.2) is 0 Å². The van der Waals surface area contributed by atoms with Crippen LogP contribution in [0.1, 0.15) is 29.3 Å². The first kappa shape index (κ1) is 12.0. The highest BCUT2D eigenvalue weighted by Crippen LogP contribution is 2.31. The van der Waals surface area contributed by atoms with Crippen LogP contribution < -0.4 is 4.74 Å². The largest absolute Gasteiger partial charge is 0.495 e. The van der Waals surface area contributed by atoms with Crippen molar-refractivity contribution in [3.8, 4) is 5.75 Å². The molecule has 0 bridgehead atoms. The Bertz CT molecular complexity index is 374. The molecule has 0 atom stereocenters. The molecule has 0 spiro atoms. The van der Waals surface area contributed by atoms with Gasteiger partial charge < -0.3 is 9.84 Å². The Morgan fingerprint density at radius 3 is 2.67 bits per heavy atom. The van der Waals surface area contributed by atoms with Crippen molar-refractivity contribution in [2.75, 3.05) is 7.11 Å². The SMILES string of the molecule is CCCc1cc(C(=O)O)cc(Br)c1OC. The predicted molar refractivity (Wildman–Crippen MR) is 61.6 cm³/mol. The van der Waals surface area contributed by atoms with E-state index in [2.05, 4.69) is 15.9 Å². The van der Waals surface area contributed by atoms with E-state index in [1.165, 1.54) is 0 Å². The molecule has 4 heteroatoms. The third-order valence-corrected chi connectivity index (χ3v) is 2.68. The van der Waals surface area contributed by atoms with E-state index in [9.17, 15) is 4.79 Å². The van der Waals surface area contributed by atoms with Gasteiger partial charge >= 0.3 is 5.97 Å². The zero-order valence-electron chi connectivity index (χ0n) is 8.71. The van der Waals surface area contributed by atoms with Gasteiger partial charge in [-0.05, 0) is 40.0 Å². The summed E-state index contributed by atoms with van der Waals surface area (Å²) in [6, 6.07) is 3.22. The van der Waals surface area contributed by atoms with Crippen molar-refractivity contribution in [3.05, 3.63) is 27.7 Å². The number of methoxy groups -OCH3 is 1. The minimum Gasteiger partial charge on any atom is -0.495 e. The van der Waals surface area contributed by atoms with E-state index in [4.69, 9.17) is 9.84 Å². The van der Waals surface area contributed by atoms with E-state index in [1.807, 2.05) is 6.92 Å². The highest BCUT2D eigenvalue weighted by molar-refractivity contribution is 9.10. The van der Waals surface area contributed by atoms with E-state index in [0.717, 1.165) is 24.2 Å². The molecule has 1 aromatic rings. The normalized spacial score (nSPS) is 10.1. The first-order valence-corrected chi connectivity index (χ1v) is 5.49. The summed E-state index contributed by atoms with van der Waals surface area (Å²) in [4.78, 5) is 10.8. The van der Waals surface area contributed by atoms with Crippen molar-refractivity contribution in [3.63, 3.8) is 0 Å². The number of hydrogen-bond acceptors (Lipinski definition) is 2. The summed E-state index contributed by atoms with van der Waals surface area (Å²) < 4.78 is 5.91. The Hall–Kier alpha value is -1.03. The molecule has 1 rings (SSSR count). The third kappa shape index (κ3) is 2.72. The second-order valence-electron chi connectivity index (χ2n) is 3.21. The minimum atomic E-state index is -0.921. The Labute approximate surface area is 97.2 Å². The summed E-state index contributed by atoms with van der Waals surface area (Å²) in [5.41, 5.74) is 1.21. The molecule has 1 aromatic carbocycles. The summed E-state index contributed by atoms with van der Waals surface area (Å²) in [6.07, 6.45) is 1.76. The van der Waals surface area contributed by atoms with Crippen LogP contribution >= 0.6 is 15.9 Å². The van der Waals surface area contributed by atoms with Gasteiger partial charge in [-0.3, -0.25) is 0 Å². The molecule has 0 amide bonds. The molecule has 0 aromatic heterocycles. The summed E-state index contributed by atoms with van der Waals surface area (Å²) in [7, 11) is 1.58. The fourth-order valence-electron chi connectivity index (χ4n) is 1.46. The minimum absolute atomic E-state index is 0.283. The van der Waals surface area contributed by atoms with E-state index in [1.54, 1.807) is 19.2 Å². The van der Waals surface area contributed by atoms with Crippen LogP contribution in [-0.4, -0.2) is 18.2 Å². The molecule has 0 aliphatic heterocycles. The standard InChI is InChI=1S/C11H13BrO3/c1-3-4-7-5-8(11(13)14)6-9(12)10(7)15-2/h5-6H,3-4H2,1-2H3,(H,13,14). The fourth-order valence-corrected chi connectivity index (χ4v) is 2.12. The highest BCUT2D eigenvalue weighted by Gasteiger charge is 2.12. The van der Waals surface area contributed by atoms with Gasteiger partial charge in [0.25, 0.3) is 0 Å². The van der Waals surface area contributed by atoms with Crippen molar-refractivity contribution in [1.29, 1.82) is 0 Å². The van der Waals surface area contributed by atoms with Crippen LogP contribution in [0, 0.1) is 0 Å². The lowest BCUT2D eigenvalue weighted by Crippen LogP contribution is -2.01. The van der Waals surface area contributed by atoms with Gasteiger partial charge in [-0.1, -0.05) is 13.3 Å². The van der Waals surface area contributed by atoms with Gasteiger partial charge in [0.05, 0.1) is 17.1 Å². The Morgan fingerprint density at radius 2 is 2.20 bits per heavy atom. The van der Waals surface area contributed by atoms with Gasteiger partial charge in [-0.25, -0.2) is 4.79 Å². The number of hydrogen-bond donors (Lipinski definition) is 1. The summed E-state index contributed by atoms with van der Waals surface area (Å²) in [5.74, 6) is -0.197. The fraction of sp³-hybridized carbons (Fsp3) is 0.364. The molecule has 0 fully saturated rings. The number of halogens is 1. The maximum atomic E-state index is 10.8. The topological polar surface area (TPSA) is 46.5 Å². The van der Waals surface area contributed by atoms with Crippen LogP contribution in [0.4, 0.5) is 0 Å². The lowest BCUT2D eigenvalue weighted by Gasteiger charge is -2.10. The van der Waals surface area contributed by atoms with Gasteiger partial charge in [-0.2, -0.15) is 0 Å². The van der Waals surface area contributed by atoms with Crippen molar-refractivity contribution in [2.24, 2.45) is 0 Å². The van der Waals surface area contributed by atoms with Crippen LogP contribution in [0.25, 0.3) is 0 Å². The molecular formula is C11H13BrO3. The second kappa shape index (κ2) is 5.16. The quantitative estimate of drug-likeness (QED) is 0.916. The van der Waals surface area contributed by atoms with Crippen LogP contribution in [0.5, 0.6) is 5.75 Å². The molecule has 0 aliphatic carbocycles. The number of aryl methyl sites for hydroxylation is 1. The van der Waals surface area contributed by atoms with Crippen molar-refractivity contribution in [2.45, 2.75) is 19.8 Å². The van der Waals surface area contributed by atoms with Crippen LogP contribution in [0.2, 0.25) is 0 Å². The lowest BCUT2D eigenvalue weighted by molar-refractivity contribution is 0.0696. The number of carbonyl (C=O) groups is 1. The third-order valence-electron chi connectivity index (χ3n) is 2.09. The maximum absolute atomic E-state index is 10.8. The zero-order chi connectivity index (χ0) is 11.4. The van der Waals surface area contributed by atoms with E-state index >= 15 is 0 Å². The first-order chi connectivity index (χ1) is 7.10. The first-order valence-electron chi connectivity index (χ1n) is 4.69. The maximum Gasteiger partial charge on any atom is 0.335 e. The number of carboxylic acid groups (broad SMARTS) is 1. The highest BCUT2D eigenvalue weighted by atomic mass is 79.9. The average Bonchev–Trinajstić information content (AvgIpc) is 2.17. The van der Waals surface area contributed by atoms with Crippen LogP contribution in [0.3, 0.4) is 0 Å². The van der Waals surface area contributed by atoms with E-state index in [0.29, 0.717) is 4.47 Å². The Kier molecular flexibility index (Phi) is 4.15. The van der Waals surface area contributed by atoms with Gasteiger partial charge in [0.2, 0.25) is 0 Å². The smallest absolute Gasteiger partial charge is 0.335 e. The lowest BCUT2D eigenvalue weighted by atomic mass is 10.1. The zero-order valence-corrected chi connectivity index (χ0v) is 10.3. The molecule has 1 N–H and O–H groups in total. The predicted octanol–water partition coefficient (Wildman–Crippen LogP) is 3.11. The molecule has 0 saturated heterocycles. The van der Waals surface area contributed by atoms with Crippen molar-refractivity contribution < 1.29 is 14.6 Å². The van der Waals surface area contributed by atoms with Crippen LogP contribution in [0.15, 0.2) is 16.6 Å². The molecule has 0 saturated carbocycles. The van der Waals surface area contributed by atoms with Crippen LogP contribution in [-0.2, 0) is 6.42 Å². The van der Waals surface area contributed by atoms with Gasteiger partial charge in [-0.15, -0.1) is 0 Å². The summed E-state index contributed by atoms with van der Waals surface area (Å²) in [5, 5.41) is 8.90. The summed E-state index contributed by atoms with van der Waals surface area (Å²) >= 11 is 3.31. The van der Waals surface area contributed by atoms with E-state index in [-0.39, 0.29) is 5.56 Å². The average molecular weight is 273 g/mol. The molecule has 0 unspecified atom stereocenters. The molecule has 82 valence electrons. The molecule has 0 heterocycles. The number of rotatable bonds is 4. The second-order valence-corrected chi connectivity index (χ2v) is 4.06. The summed E-state index contributed by atoms with van der Waals surface area (Å²) in [6.45, 7) is 2.04.